The number of rotatable bonds is 4. The minimum Gasteiger partial charge on any atom is -0.367 e. The predicted octanol–water partition coefficient (Wildman–Crippen LogP) is 1.34. The van der Waals surface area contributed by atoms with Crippen molar-refractivity contribution in [2.45, 2.75) is 31.7 Å². The second-order valence-electron chi connectivity index (χ2n) is 5.98. The van der Waals surface area contributed by atoms with Crippen molar-refractivity contribution in [2.24, 2.45) is 5.73 Å². The molecule has 1 fully saturated rings. The first-order valence-electron chi connectivity index (χ1n) is 7.21. The fourth-order valence-corrected chi connectivity index (χ4v) is 2.76. The summed E-state index contributed by atoms with van der Waals surface area (Å²) < 4.78 is 11.3. The molecule has 2 N–H and O–H groups in total. The summed E-state index contributed by atoms with van der Waals surface area (Å²) in [6.45, 7) is 5.38. The summed E-state index contributed by atoms with van der Waals surface area (Å²) in [6, 6.07) is 9.53. The fraction of sp³-hybridized carbons (Fsp3) is 0.562. The van der Waals surface area contributed by atoms with Gasteiger partial charge in [-0.1, -0.05) is 30.3 Å². The molecule has 0 aliphatic carbocycles. The summed E-state index contributed by atoms with van der Waals surface area (Å²) in [5.41, 5.74) is 6.18. The topological polar surface area (TPSA) is 64.8 Å². The van der Waals surface area contributed by atoms with Crippen molar-refractivity contribution in [1.29, 1.82) is 0 Å². The Morgan fingerprint density at radius 2 is 2.14 bits per heavy atom. The first kappa shape index (κ1) is 15.9. The highest BCUT2D eigenvalue weighted by Crippen LogP contribution is 2.25. The lowest BCUT2D eigenvalue weighted by Gasteiger charge is -2.43. The summed E-state index contributed by atoms with van der Waals surface area (Å²) in [4.78, 5) is 14.6. The fourth-order valence-electron chi connectivity index (χ4n) is 2.76. The van der Waals surface area contributed by atoms with Gasteiger partial charge in [0.15, 0.2) is 6.10 Å². The molecule has 5 heteroatoms. The van der Waals surface area contributed by atoms with Crippen molar-refractivity contribution in [2.75, 3.05) is 26.7 Å². The molecule has 2 unspecified atom stereocenters. The molecular formula is C16H24N2O3. The molecule has 0 saturated carbocycles. The van der Waals surface area contributed by atoms with Crippen molar-refractivity contribution in [3.63, 3.8) is 0 Å². The van der Waals surface area contributed by atoms with E-state index in [1.165, 1.54) is 0 Å². The average Bonchev–Trinajstić information content (AvgIpc) is 2.47. The second kappa shape index (κ2) is 6.56. The summed E-state index contributed by atoms with van der Waals surface area (Å²) in [5, 5.41) is 0. The Kier molecular flexibility index (Phi) is 4.98. The zero-order chi connectivity index (χ0) is 15.5. The van der Waals surface area contributed by atoms with Crippen molar-refractivity contribution < 1.29 is 14.3 Å². The Morgan fingerprint density at radius 1 is 1.48 bits per heavy atom. The summed E-state index contributed by atoms with van der Waals surface area (Å²) in [6.07, 6.45) is -0.718. The summed E-state index contributed by atoms with van der Waals surface area (Å²) in [5.74, 6) is -0.0430. The number of nitrogens with zero attached hydrogens (tertiary/aromatic N) is 1. The van der Waals surface area contributed by atoms with Gasteiger partial charge < -0.3 is 20.1 Å². The molecule has 0 aromatic heterocycles. The Labute approximate surface area is 126 Å². The molecule has 1 aromatic carbocycles. The third kappa shape index (κ3) is 3.81. The van der Waals surface area contributed by atoms with Gasteiger partial charge >= 0.3 is 0 Å². The molecule has 0 spiro atoms. The number of hydrogen-bond donors (Lipinski definition) is 1. The molecule has 116 valence electrons. The minimum atomic E-state index is -0.585. The predicted molar refractivity (Wildman–Crippen MR) is 80.8 cm³/mol. The standard InChI is InChI=1S/C16H24N2O3/c1-16(2)11-18(10-13(9-17)21-16)15(19)14(20-3)12-7-5-4-6-8-12/h4-8,13-14H,9-11,17H2,1-3H3. The van der Waals surface area contributed by atoms with Gasteiger partial charge in [0.1, 0.15) is 0 Å². The van der Waals surface area contributed by atoms with Crippen LogP contribution in [-0.4, -0.2) is 49.3 Å². The van der Waals surface area contributed by atoms with Gasteiger partial charge in [-0.15, -0.1) is 0 Å². The Hall–Kier alpha value is -1.43. The number of carbonyl (C=O) groups is 1. The quantitative estimate of drug-likeness (QED) is 0.909. The molecule has 1 amide bonds. The van der Waals surface area contributed by atoms with Crippen molar-refractivity contribution in [1.82, 2.24) is 4.90 Å². The van der Waals surface area contributed by atoms with Gasteiger partial charge in [-0.05, 0) is 19.4 Å². The highest BCUT2D eigenvalue weighted by Gasteiger charge is 2.37. The molecule has 2 rings (SSSR count). The van der Waals surface area contributed by atoms with Gasteiger partial charge in [0.2, 0.25) is 0 Å². The van der Waals surface area contributed by atoms with Gasteiger partial charge in [-0.25, -0.2) is 0 Å². The smallest absolute Gasteiger partial charge is 0.256 e. The van der Waals surface area contributed by atoms with E-state index in [1.807, 2.05) is 44.2 Å². The van der Waals surface area contributed by atoms with Gasteiger partial charge in [0, 0.05) is 26.7 Å². The molecule has 2 atom stereocenters. The van der Waals surface area contributed by atoms with E-state index in [0.717, 1.165) is 5.56 Å². The third-order valence-electron chi connectivity index (χ3n) is 3.62. The zero-order valence-corrected chi connectivity index (χ0v) is 12.9. The van der Waals surface area contributed by atoms with Crippen molar-refractivity contribution in [3.05, 3.63) is 35.9 Å². The maximum absolute atomic E-state index is 12.8. The van der Waals surface area contributed by atoms with E-state index in [0.29, 0.717) is 19.6 Å². The largest absolute Gasteiger partial charge is 0.367 e. The van der Waals surface area contributed by atoms with Crippen LogP contribution in [0.15, 0.2) is 30.3 Å². The van der Waals surface area contributed by atoms with Gasteiger partial charge in [0.05, 0.1) is 11.7 Å². The number of amides is 1. The number of morpholine rings is 1. The van der Waals surface area contributed by atoms with Crippen LogP contribution in [0, 0.1) is 0 Å². The first-order valence-corrected chi connectivity index (χ1v) is 7.21. The van der Waals surface area contributed by atoms with Crippen LogP contribution in [0.4, 0.5) is 0 Å². The van der Waals surface area contributed by atoms with Crippen LogP contribution < -0.4 is 5.73 Å². The summed E-state index contributed by atoms with van der Waals surface area (Å²) in [7, 11) is 1.56. The monoisotopic (exact) mass is 292 g/mol. The number of carbonyl (C=O) groups excluding carboxylic acids is 1. The van der Waals surface area contributed by atoms with E-state index < -0.39 is 11.7 Å². The first-order chi connectivity index (χ1) is 9.96. The maximum Gasteiger partial charge on any atom is 0.256 e. The van der Waals surface area contributed by atoms with E-state index in [4.69, 9.17) is 15.2 Å². The lowest BCUT2D eigenvalue weighted by Crippen LogP contribution is -2.57. The molecule has 5 nitrogen and oxygen atoms in total. The molecule has 1 saturated heterocycles. The van der Waals surface area contributed by atoms with E-state index in [1.54, 1.807) is 12.0 Å². The minimum absolute atomic E-state index is 0.0430. The average molecular weight is 292 g/mol. The molecule has 21 heavy (non-hydrogen) atoms. The zero-order valence-electron chi connectivity index (χ0n) is 12.9. The number of methoxy groups -OCH3 is 1. The van der Waals surface area contributed by atoms with E-state index >= 15 is 0 Å². The number of benzene rings is 1. The van der Waals surface area contributed by atoms with Crippen LogP contribution in [0.5, 0.6) is 0 Å². The Morgan fingerprint density at radius 3 is 2.71 bits per heavy atom. The van der Waals surface area contributed by atoms with Gasteiger partial charge in [-0.2, -0.15) is 0 Å². The molecule has 1 aliphatic rings. The van der Waals surface area contributed by atoms with Crippen molar-refractivity contribution in [3.8, 4) is 0 Å². The molecule has 0 bridgehead atoms. The van der Waals surface area contributed by atoms with Crippen LogP contribution in [0.25, 0.3) is 0 Å². The normalized spacial score (nSPS) is 22.9. The van der Waals surface area contributed by atoms with Crippen LogP contribution in [0.2, 0.25) is 0 Å². The van der Waals surface area contributed by atoms with Gasteiger partial charge in [-0.3, -0.25) is 4.79 Å². The third-order valence-corrected chi connectivity index (χ3v) is 3.62. The SMILES string of the molecule is COC(C(=O)N1CC(CN)OC(C)(C)C1)c1ccccc1. The Balaban J connectivity index is 2.17. The van der Waals surface area contributed by atoms with E-state index in [-0.39, 0.29) is 12.0 Å². The van der Waals surface area contributed by atoms with Gasteiger partial charge in [0.25, 0.3) is 5.91 Å². The second-order valence-corrected chi connectivity index (χ2v) is 5.98. The summed E-state index contributed by atoms with van der Waals surface area (Å²) >= 11 is 0. The van der Waals surface area contributed by atoms with Crippen LogP contribution in [0.3, 0.4) is 0 Å². The van der Waals surface area contributed by atoms with E-state index in [2.05, 4.69) is 0 Å². The molecule has 1 aromatic rings. The molecule has 1 heterocycles. The van der Waals surface area contributed by atoms with Crippen LogP contribution in [0.1, 0.15) is 25.5 Å². The number of hydrogen-bond acceptors (Lipinski definition) is 4. The highest BCUT2D eigenvalue weighted by atomic mass is 16.5. The van der Waals surface area contributed by atoms with E-state index in [9.17, 15) is 4.79 Å². The lowest BCUT2D eigenvalue weighted by atomic mass is 10.0. The highest BCUT2D eigenvalue weighted by molar-refractivity contribution is 5.82. The number of ether oxygens (including phenoxy) is 2. The van der Waals surface area contributed by atoms with Crippen molar-refractivity contribution >= 4 is 5.91 Å². The lowest BCUT2D eigenvalue weighted by molar-refractivity contribution is -0.167. The number of nitrogens with two attached hydrogens (primary N) is 1. The molecule has 0 radical (unpaired) electrons. The molecular weight excluding hydrogens is 268 g/mol. The van der Waals surface area contributed by atoms with Crippen LogP contribution >= 0.6 is 0 Å². The Bertz CT molecular complexity index is 476. The maximum atomic E-state index is 12.8. The molecule has 1 aliphatic heterocycles. The van der Waals surface area contributed by atoms with Crippen LogP contribution in [-0.2, 0) is 14.3 Å².